The highest BCUT2D eigenvalue weighted by Crippen LogP contribution is 2.32. The Hall–Kier alpha value is -3.13. The lowest BCUT2D eigenvalue weighted by atomic mass is 10.1. The first-order valence-electron chi connectivity index (χ1n) is 9.63. The molecule has 0 aliphatic carbocycles. The molecule has 0 saturated carbocycles. The summed E-state index contributed by atoms with van der Waals surface area (Å²) >= 11 is 1.38. The number of aromatic nitrogens is 2. The van der Waals surface area contributed by atoms with E-state index in [1.54, 1.807) is 44.4 Å². The van der Waals surface area contributed by atoms with E-state index >= 15 is 0 Å². The Morgan fingerprint density at radius 3 is 2.33 bits per heavy atom. The fourth-order valence-electron chi connectivity index (χ4n) is 2.90. The molecular weight excluding hydrogens is 402 g/mol. The molecule has 0 aliphatic rings. The molecule has 1 amide bonds. The second-order valence-corrected chi connectivity index (χ2v) is 7.45. The monoisotopic (exact) mass is 427 g/mol. The Labute approximate surface area is 180 Å². The number of carbonyl (C=O) groups is 1. The third-order valence-electron chi connectivity index (χ3n) is 4.59. The van der Waals surface area contributed by atoms with E-state index in [0.29, 0.717) is 28.7 Å². The van der Waals surface area contributed by atoms with Crippen LogP contribution in [-0.4, -0.2) is 44.0 Å². The average molecular weight is 428 g/mol. The van der Waals surface area contributed by atoms with Crippen molar-refractivity contribution in [1.29, 1.82) is 0 Å². The number of ether oxygens (including phenoxy) is 3. The first-order valence-corrected chi connectivity index (χ1v) is 10.4. The molecule has 0 radical (unpaired) electrons. The van der Waals surface area contributed by atoms with Crippen molar-refractivity contribution < 1.29 is 19.0 Å². The van der Waals surface area contributed by atoms with Crippen LogP contribution in [0, 0.1) is 0 Å². The Bertz CT molecular complexity index is 988. The zero-order valence-corrected chi connectivity index (χ0v) is 18.4. The number of hydrogen-bond donors (Lipinski definition) is 0. The molecule has 0 bridgehead atoms. The number of amides is 1. The molecular formula is C22H25N3O4S. The molecule has 158 valence electrons. The van der Waals surface area contributed by atoms with E-state index in [1.807, 2.05) is 24.3 Å². The van der Waals surface area contributed by atoms with Crippen molar-refractivity contribution >= 4 is 22.4 Å². The van der Waals surface area contributed by atoms with E-state index in [-0.39, 0.29) is 5.91 Å². The van der Waals surface area contributed by atoms with E-state index in [2.05, 4.69) is 17.1 Å². The van der Waals surface area contributed by atoms with Gasteiger partial charge in [-0.3, -0.25) is 9.69 Å². The average Bonchev–Trinajstić information content (AvgIpc) is 3.28. The van der Waals surface area contributed by atoms with Crippen LogP contribution in [0.1, 0.15) is 30.1 Å². The normalized spacial score (nSPS) is 10.5. The van der Waals surface area contributed by atoms with Crippen molar-refractivity contribution in [3.05, 3.63) is 48.0 Å². The van der Waals surface area contributed by atoms with Crippen molar-refractivity contribution in [2.75, 3.05) is 32.8 Å². The van der Waals surface area contributed by atoms with E-state index in [1.165, 1.54) is 11.3 Å². The number of rotatable bonds is 9. The molecule has 1 aromatic heterocycles. The topological polar surface area (TPSA) is 73.8 Å². The van der Waals surface area contributed by atoms with Crippen LogP contribution in [0.3, 0.4) is 0 Å². The zero-order chi connectivity index (χ0) is 21.5. The first-order chi connectivity index (χ1) is 14.6. The number of anilines is 1. The molecule has 0 N–H and O–H groups in total. The van der Waals surface area contributed by atoms with Gasteiger partial charge in [-0.25, -0.2) is 0 Å². The van der Waals surface area contributed by atoms with Crippen molar-refractivity contribution in [1.82, 2.24) is 10.2 Å². The van der Waals surface area contributed by atoms with Crippen LogP contribution in [0.5, 0.6) is 17.2 Å². The summed E-state index contributed by atoms with van der Waals surface area (Å²) < 4.78 is 15.8. The molecule has 3 rings (SSSR count). The summed E-state index contributed by atoms with van der Waals surface area (Å²) in [5.74, 6) is 1.71. The molecule has 0 spiro atoms. The number of benzene rings is 2. The molecule has 30 heavy (non-hydrogen) atoms. The van der Waals surface area contributed by atoms with Crippen molar-refractivity contribution in [2.24, 2.45) is 0 Å². The van der Waals surface area contributed by atoms with Crippen LogP contribution in [-0.2, 0) is 0 Å². The number of unbranched alkanes of at least 4 members (excludes halogenated alkanes) is 1. The molecule has 0 aliphatic heterocycles. The molecule has 2 aromatic carbocycles. The quantitative estimate of drug-likeness (QED) is 0.494. The standard InChI is InChI=1S/C22H25N3O4S/c1-5-6-13-25(21(26)16-9-12-18(28-3)19(14-16)29-4)22-24-23-20(30-22)15-7-10-17(27-2)11-8-15/h7-12,14H,5-6,13H2,1-4H3. The van der Waals surface area contributed by atoms with Crippen molar-refractivity contribution in [2.45, 2.75) is 19.8 Å². The first kappa shape index (κ1) is 21.6. The summed E-state index contributed by atoms with van der Waals surface area (Å²) in [7, 11) is 4.74. The summed E-state index contributed by atoms with van der Waals surface area (Å²) in [6.07, 6.45) is 1.82. The van der Waals surface area contributed by atoms with E-state index in [9.17, 15) is 4.79 Å². The second-order valence-electron chi connectivity index (χ2n) is 6.50. The maximum atomic E-state index is 13.3. The van der Waals surface area contributed by atoms with Crippen LogP contribution in [0.15, 0.2) is 42.5 Å². The third-order valence-corrected chi connectivity index (χ3v) is 5.59. The number of hydrogen-bond acceptors (Lipinski definition) is 7. The van der Waals surface area contributed by atoms with Gasteiger partial charge in [-0.1, -0.05) is 24.7 Å². The lowest BCUT2D eigenvalue weighted by Crippen LogP contribution is -2.31. The molecule has 0 unspecified atom stereocenters. The van der Waals surface area contributed by atoms with E-state index in [4.69, 9.17) is 14.2 Å². The van der Waals surface area contributed by atoms with Crippen LogP contribution in [0.2, 0.25) is 0 Å². The van der Waals surface area contributed by atoms with Gasteiger partial charge in [-0.05, 0) is 48.9 Å². The molecule has 0 atom stereocenters. The Kier molecular flexibility index (Phi) is 7.24. The van der Waals surface area contributed by atoms with E-state index < -0.39 is 0 Å². The van der Waals surface area contributed by atoms with Gasteiger partial charge in [0.2, 0.25) is 5.13 Å². The molecule has 1 heterocycles. The lowest BCUT2D eigenvalue weighted by Gasteiger charge is -2.19. The van der Waals surface area contributed by atoms with Gasteiger partial charge in [-0.15, -0.1) is 10.2 Å². The van der Waals surface area contributed by atoms with Crippen LogP contribution in [0.25, 0.3) is 10.6 Å². The van der Waals surface area contributed by atoms with E-state index in [0.717, 1.165) is 29.2 Å². The Morgan fingerprint density at radius 2 is 1.70 bits per heavy atom. The highest BCUT2D eigenvalue weighted by Gasteiger charge is 2.23. The minimum atomic E-state index is -0.151. The predicted octanol–water partition coefficient (Wildman–Crippen LogP) is 4.68. The van der Waals surface area contributed by atoms with Crippen LogP contribution >= 0.6 is 11.3 Å². The number of nitrogens with zero attached hydrogens (tertiary/aromatic N) is 3. The molecule has 8 heteroatoms. The van der Waals surface area contributed by atoms with Gasteiger partial charge in [0, 0.05) is 17.7 Å². The summed E-state index contributed by atoms with van der Waals surface area (Å²) in [5.41, 5.74) is 1.43. The smallest absolute Gasteiger partial charge is 0.260 e. The SMILES string of the molecule is CCCCN(C(=O)c1ccc(OC)c(OC)c1)c1nnc(-c2ccc(OC)cc2)s1. The summed E-state index contributed by atoms with van der Waals surface area (Å²) in [4.78, 5) is 15.0. The van der Waals surface area contributed by atoms with Gasteiger partial charge in [0.25, 0.3) is 5.91 Å². The van der Waals surface area contributed by atoms with Crippen LogP contribution < -0.4 is 19.1 Å². The summed E-state index contributed by atoms with van der Waals surface area (Å²) in [5, 5.41) is 9.90. The minimum Gasteiger partial charge on any atom is -0.497 e. The molecule has 0 fully saturated rings. The lowest BCUT2D eigenvalue weighted by molar-refractivity contribution is 0.0986. The molecule has 3 aromatic rings. The predicted molar refractivity (Wildman–Crippen MR) is 118 cm³/mol. The largest absolute Gasteiger partial charge is 0.497 e. The second kappa shape index (κ2) is 10.1. The van der Waals surface area contributed by atoms with Gasteiger partial charge in [0.05, 0.1) is 21.3 Å². The fourth-order valence-corrected chi connectivity index (χ4v) is 3.77. The third kappa shape index (κ3) is 4.71. The van der Waals surface area contributed by atoms with Gasteiger partial charge < -0.3 is 14.2 Å². The highest BCUT2D eigenvalue weighted by molar-refractivity contribution is 7.18. The maximum absolute atomic E-state index is 13.3. The Morgan fingerprint density at radius 1 is 0.967 bits per heavy atom. The van der Waals surface area contributed by atoms with Crippen molar-refractivity contribution in [3.8, 4) is 27.8 Å². The zero-order valence-electron chi connectivity index (χ0n) is 17.5. The summed E-state index contributed by atoms with van der Waals surface area (Å²) in [6.45, 7) is 2.64. The van der Waals surface area contributed by atoms with Crippen molar-refractivity contribution in [3.63, 3.8) is 0 Å². The van der Waals surface area contributed by atoms with Gasteiger partial charge in [0.1, 0.15) is 10.8 Å². The number of carbonyl (C=O) groups excluding carboxylic acids is 1. The van der Waals surface area contributed by atoms with Crippen LogP contribution in [0.4, 0.5) is 5.13 Å². The highest BCUT2D eigenvalue weighted by atomic mass is 32.1. The molecule has 7 nitrogen and oxygen atoms in total. The van der Waals surface area contributed by atoms with Gasteiger partial charge in [-0.2, -0.15) is 0 Å². The summed E-state index contributed by atoms with van der Waals surface area (Å²) in [6, 6.07) is 12.7. The fraction of sp³-hybridized carbons (Fsp3) is 0.318. The van der Waals surface area contributed by atoms with Gasteiger partial charge >= 0.3 is 0 Å². The molecule has 0 saturated heterocycles. The Balaban J connectivity index is 1.90. The van der Waals surface area contributed by atoms with Gasteiger partial charge in [0.15, 0.2) is 11.5 Å². The number of methoxy groups -OCH3 is 3. The maximum Gasteiger partial charge on any atom is 0.260 e. The minimum absolute atomic E-state index is 0.151.